The van der Waals surface area contributed by atoms with E-state index >= 15 is 0 Å². The van der Waals surface area contributed by atoms with E-state index in [-0.39, 0.29) is 11.1 Å². The number of hydrogen-bond donors (Lipinski definition) is 0. The lowest BCUT2D eigenvalue weighted by molar-refractivity contribution is -0.124. The molecule has 1 heterocycles. The minimum absolute atomic E-state index is 0.0527. The van der Waals surface area contributed by atoms with Crippen LogP contribution in [0.3, 0.4) is 0 Å². The van der Waals surface area contributed by atoms with Gasteiger partial charge in [0, 0.05) is 6.54 Å². The number of carbonyl (C=O) groups is 2. The number of rotatable bonds is 4. The summed E-state index contributed by atoms with van der Waals surface area (Å²) in [7, 11) is 0. The highest BCUT2D eigenvalue weighted by molar-refractivity contribution is 8.14. The maximum Gasteiger partial charge on any atom is 0.288 e. The van der Waals surface area contributed by atoms with Gasteiger partial charge in [-0.15, -0.1) is 0 Å². The standard InChI is InChI=1S/C12H13NO2S/c14-11-9-16-12(15)13(11)8-4-7-10-5-2-1-3-6-10/h1-3,5-6H,4,7-9H2. The molecule has 2 amide bonds. The van der Waals surface area contributed by atoms with E-state index in [1.54, 1.807) is 0 Å². The van der Waals surface area contributed by atoms with Gasteiger partial charge in [0.15, 0.2) is 0 Å². The molecule has 0 N–H and O–H groups in total. The number of nitrogens with zero attached hydrogens (tertiary/aromatic N) is 1. The quantitative estimate of drug-likeness (QED) is 0.803. The van der Waals surface area contributed by atoms with Gasteiger partial charge in [-0.05, 0) is 18.4 Å². The lowest BCUT2D eigenvalue weighted by atomic mass is 10.1. The van der Waals surface area contributed by atoms with Crippen molar-refractivity contribution in [2.75, 3.05) is 12.3 Å². The topological polar surface area (TPSA) is 37.4 Å². The summed E-state index contributed by atoms with van der Waals surface area (Å²) in [6.45, 7) is 0.541. The maximum atomic E-state index is 11.3. The predicted molar refractivity (Wildman–Crippen MR) is 64.3 cm³/mol. The van der Waals surface area contributed by atoms with Gasteiger partial charge >= 0.3 is 0 Å². The highest BCUT2D eigenvalue weighted by atomic mass is 32.2. The molecule has 0 spiro atoms. The number of aryl methyl sites for hydroxylation is 1. The second-order valence-corrected chi connectivity index (χ2v) is 4.62. The highest BCUT2D eigenvalue weighted by Gasteiger charge is 2.28. The largest absolute Gasteiger partial charge is 0.288 e. The summed E-state index contributed by atoms with van der Waals surface area (Å²) in [6.07, 6.45) is 1.74. The van der Waals surface area contributed by atoms with Crippen LogP contribution in [0.15, 0.2) is 30.3 Å². The lowest BCUT2D eigenvalue weighted by Gasteiger charge is -2.12. The molecular weight excluding hydrogens is 222 g/mol. The molecule has 0 bridgehead atoms. The molecular formula is C12H13NO2S. The molecule has 1 aliphatic heterocycles. The summed E-state index contributed by atoms with van der Waals surface area (Å²) in [6, 6.07) is 10.1. The summed E-state index contributed by atoms with van der Waals surface area (Å²) in [5.41, 5.74) is 1.24. The van der Waals surface area contributed by atoms with Gasteiger partial charge in [0.25, 0.3) is 5.24 Å². The van der Waals surface area contributed by atoms with Gasteiger partial charge in [-0.2, -0.15) is 0 Å². The minimum Gasteiger partial charge on any atom is -0.273 e. The first-order valence-electron chi connectivity index (χ1n) is 5.28. The van der Waals surface area contributed by atoms with Gasteiger partial charge in [0.1, 0.15) is 0 Å². The SMILES string of the molecule is O=C1CSC(=O)N1CCCc1ccccc1. The smallest absolute Gasteiger partial charge is 0.273 e. The zero-order valence-electron chi connectivity index (χ0n) is 8.89. The molecule has 0 aromatic heterocycles. The van der Waals surface area contributed by atoms with Crippen molar-refractivity contribution in [2.45, 2.75) is 12.8 Å². The van der Waals surface area contributed by atoms with Crippen LogP contribution in [-0.2, 0) is 11.2 Å². The molecule has 3 nitrogen and oxygen atoms in total. The van der Waals surface area contributed by atoms with Crippen molar-refractivity contribution in [3.63, 3.8) is 0 Å². The van der Waals surface area contributed by atoms with E-state index in [1.807, 2.05) is 18.2 Å². The van der Waals surface area contributed by atoms with Crippen LogP contribution in [0, 0.1) is 0 Å². The fourth-order valence-electron chi connectivity index (χ4n) is 1.68. The third kappa shape index (κ3) is 2.64. The zero-order valence-corrected chi connectivity index (χ0v) is 9.70. The molecule has 1 aromatic carbocycles. The van der Waals surface area contributed by atoms with Gasteiger partial charge in [-0.3, -0.25) is 14.5 Å². The Morgan fingerprint density at radius 1 is 1.19 bits per heavy atom. The Hall–Kier alpha value is -1.29. The normalized spacial score (nSPS) is 15.9. The first kappa shape index (κ1) is 11.2. The molecule has 1 aromatic rings. The van der Waals surface area contributed by atoms with Crippen LogP contribution in [0.5, 0.6) is 0 Å². The van der Waals surface area contributed by atoms with Crippen molar-refractivity contribution in [2.24, 2.45) is 0 Å². The Bertz CT molecular complexity index is 375. The molecule has 1 aliphatic rings. The molecule has 0 unspecified atom stereocenters. The number of amides is 2. The van der Waals surface area contributed by atoms with E-state index in [1.165, 1.54) is 10.5 Å². The van der Waals surface area contributed by atoms with Crippen molar-refractivity contribution in [3.05, 3.63) is 35.9 Å². The van der Waals surface area contributed by atoms with Crippen LogP contribution in [0.1, 0.15) is 12.0 Å². The molecule has 0 radical (unpaired) electrons. The first-order chi connectivity index (χ1) is 7.77. The Labute approximate surface area is 98.8 Å². The maximum absolute atomic E-state index is 11.3. The van der Waals surface area contributed by atoms with Gasteiger partial charge < -0.3 is 0 Å². The van der Waals surface area contributed by atoms with Crippen molar-refractivity contribution in [1.29, 1.82) is 0 Å². The third-order valence-electron chi connectivity index (χ3n) is 2.53. The number of thioether (sulfide) groups is 1. The monoisotopic (exact) mass is 235 g/mol. The summed E-state index contributed by atoms with van der Waals surface area (Å²) >= 11 is 1.10. The molecule has 4 heteroatoms. The van der Waals surface area contributed by atoms with Gasteiger partial charge in [-0.1, -0.05) is 42.1 Å². The van der Waals surface area contributed by atoms with Crippen LogP contribution in [-0.4, -0.2) is 28.3 Å². The average Bonchev–Trinajstić information content (AvgIpc) is 2.62. The van der Waals surface area contributed by atoms with Crippen LogP contribution in [0.4, 0.5) is 4.79 Å². The van der Waals surface area contributed by atoms with Crippen LogP contribution < -0.4 is 0 Å². The van der Waals surface area contributed by atoms with E-state index < -0.39 is 0 Å². The fourth-order valence-corrected chi connectivity index (χ4v) is 2.43. The molecule has 84 valence electrons. The summed E-state index contributed by atoms with van der Waals surface area (Å²) < 4.78 is 0. The molecule has 0 saturated carbocycles. The highest BCUT2D eigenvalue weighted by Crippen LogP contribution is 2.19. The Kier molecular flexibility index (Phi) is 3.62. The van der Waals surface area contributed by atoms with Gasteiger partial charge in [0.05, 0.1) is 5.75 Å². The van der Waals surface area contributed by atoms with E-state index in [4.69, 9.17) is 0 Å². The van der Waals surface area contributed by atoms with E-state index in [2.05, 4.69) is 12.1 Å². The summed E-state index contributed by atoms with van der Waals surface area (Å²) in [5, 5.41) is -0.0990. The number of benzene rings is 1. The minimum atomic E-state index is -0.0990. The second kappa shape index (κ2) is 5.16. The van der Waals surface area contributed by atoms with Gasteiger partial charge in [-0.25, -0.2) is 0 Å². The molecule has 1 saturated heterocycles. The molecule has 0 aliphatic carbocycles. The summed E-state index contributed by atoms with van der Waals surface area (Å²) in [5.74, 6) is 0.257. The van der Waals surface area contributed by atoms with Crippen molar-refractivity contribution in [1.82, 2.24) is 4.90 Å². The molecule has 1 fully saturated rings. The Morgan fingerprint density at radius 2 is 1.94 bits per heavy atom. The van der Waals surface area contributed by atoms with Gasteiger partial charge in [0.2, 0.25) is 5.91 Å². The van der Waals surface area contributed by atoms with Crippen LogP contribution in [0.2, 0.25) is 0 Å². The fraction of sp³-hybridized carbons (Fsp3) is 0.333. The Morgan fingerprint density at radius 3 is 2.56 bits per heavy atom. The number of carbonyl (C=O) groups excluding carboxylic acids is 2. The predicted octanol–water partition coefficient (Wildman–Crippen LogP) is 2.31. The molecule has 16 heavy (non-hydrogen) atoms. The third-order valence-corrected chi connectivity index (χ3v) is 3.39. The number of imide groups is 1. The van der Waals surface area contributed by atoms with Crippen LogP contribution in [0.25, 0.3) is 0 Å². The lowest BCUT2D eigenvalue weighted by Crippen LogP contribution is -2.29. The van der Waals surface area contributed by atoms with E-state index in [0.29, 0.717) is 12.3 Å². The zero-order chi connectivity index (χ0) is 11.4. The van der Waals surface area contributed by atoms with Crippen LogP contribution >= 0.6 is 11.8 Å². The molecule has 0 atom stereocenters. The first-order valence-corrected chi connectivity index (χ1v) is 6.27. The summed E-state index contributed by atoms with van der Waals surface area (Å²) in [4.78, 5) is 24.0. The Balaban J connectivity index is 1.80. The van der Waals surface area contributed by atoms with E-state index in [9.17, 15) is 9.59 Å². The average molecular weight is 235 g/mol. The molecule has 2 rings (SSSR count). The van der Waals surface area contributed by atoms with Crippen molar-refractivity contribution >= 4 is 22.9 Å². The number of hydrogen-bond acceptors (Lipinski definition) is 3. The second-order valence-electron chi connectivity index (χ2n) is 3.69. The van der Waals surface area contributed by atoms with Crippen molar-refractivity contribution < 1.29 is 9.59 Å². The van der Waals surface area contributed by atoms with E-state index in [0.717, 1.165) is 24.6 Å². The van der Waals surface area contributed by atoms with Crippen molar-refractivity contribution in [3.8, 4) is 0 Å².